The van der Waals surface area contributed by atoms with Crippen LogP contribution in [0.5, 0.6) is 0 Å². The maximum atomic E-state index is 12.5. The molecule has 1 aliphatic heterocycles. The highest BCUT2D eigenvalue weighted by Gasteiger charge is 2.30. The van der Waals surface area contributed by atoms with Crippen molar-refractivity contribution in [2.45, 2.75) is 71.9 Å². The molecule has 1 heterocycles. The predicted octanol–water partition coefficient (Wildman–Crippen LogP) is 2.34. The Kier molecular flexibility index (Phi) is 7.95. The lowest BCUT2D eigenvalue weighted by molar-refractivity contribution is 0.0203. The number of carbonyl (C=O) groups is 1. The van der Waals surface area contributed by atoms with Gasteiger partial charge in [-0.3, -0.25) is 0 Å². The van der Waals surface area contributed by atoms with E-state index in [2.05, 4.69) is 4.72 Å². The molecule has 0 bridgehead atoms. The molecule has 1 fully saturated rings. The lowest BCUT2D eigenvalue weighted by atomic mass is 10.1. The second-order valence-corrected chi connectivity index (χ2v) is 8.97. The molecule has 1 amide bonds. The van der Waals surface area contributed by atoms with Crippen molar-refractivity contribution >= 4 is 16.3 Å². The third-order valence-corrected chi connectivity index (χ3v) is 5.42. The Bertz CT molecular complexity index is 488. The van der Waals surface area contributed by atoms with Crippen molar-refractivity contribution in [1.82, 2.24) is 13.9 Å². The van der Waals surface area contributed by atoms with E-state index < -0.39 is 15.8 Å². The molecular weight excluding hydrogens is 330 g/mol. The first-order valence-corrected chi connectivity index (χ1v) is 10.3. The van der Waals surface area contributed by atoms with E-state index in [-0.39, 0.29) is 12.1 Å². The number of piperidine rings is 1. The van der Waals surface area contributed by atoms with Crippen LogP contribution in [0.2, 0.25) is 0 Å². The molecule has 0 atom stereocenters. The minimum Gasteiger partial charge on any atom is -0.444 e. The monoisotopic (exact) mass is 363 g/mol. The number of nitrogens with zero attached hydrogens (tertiary/aromatic N) is 2. The van der Waals surface area contributed by atoms with E-state index >= 15 is 0 Å². The summed E-state index contributed by atoms with van der Waals surface area (Å²) in [5, 5.41) is 0. The quantitative estimate of drug-likeness (QED) is 0.753. The van der Waals surface area contributed by atoms with E-state index in [4.69, 9.17) is 4.74 Å². The van der Waals surface area contributed by atoms with Gasteiger partial charge >= 0.3 is 6.09 Å². The number of hydrogen-bond donors (Lipinski definition) is 1. The minimum atomic E-state index is -3.46. The van der Waals surface area contributed by atoms with Crippen LogP contribution in [-0.4, -0.2) is 61.5 Å². The van der Waals surface area contributed by atoms with E-state index in [1.54, 1.807) is 4.90 Å². The Hall–Kier alpha value is -0.860. The Balaban J connectivity index is 2.54. The zero-order valence-corrected chi connectivity index (χ0v) is 16.5. The summed E-state index contributed by atoms with van der Waals surface area (Å²) in [4.78, 5) is 13.7. The molecule has 0 spiro atoms. The van der Waals surface area contributed by atoms with Crippen molar-refractivity contribution < 1.29 is 17.9 Å². The van der Waals surface area contributed by atoms with E-state index in [0.29, 0.717) is 39.0 Å². The van der Waals surface area contributed by atoms with Crippen LogP contribution in [0.3, 0.4) is 0 Å². The van der Waals surface area contributed by atoms with Crippen LogP contribution in [0.1, 0.15) is 60.3 Å². The van der Waals surface area contributed by atoms with Crippen LogP contribution in [0.25, 0.3) is 0 Å². The fourth-order valence-corrected chi connectivity index (χ4v) is 4.29. The maximum absolute atomic E-state index is 12.5. The smallest absolute Gasteiger partial charge is 0.410 e. The third-order valence-electron chi connectivity index (χ3n) is 3.75. The van der Waals surface area contributed by atoms with Crippen LogP contribution in [0.15, 0.2) is 0 Å². The molecule has 1 N–H and O–H groups in total. The lowest BCUT2D eigenvalue weighted by Gasteiger charge is -2.34. The largest absolute Gasteiger partial charge is 0.444 e. The highest BCUT2D eigenvalue weighted by Crippen LogP contribution is 2.16. The summed E-state index contributed by atoms with van der Waals surface area (Å²) in [5.74, 6) is 0. The molecule has 0 unspecified atom stereocenters. The van der Waals surface area contributed by atoms with E-state index in [9.17, 15) is 13.2 Å². The topological polar surface area (TPSA) is 79.0 Å². The number of amides is 1. The number of ether oxygens (including phenoxy) is 1. The molecular formula is C16H33N3O4S. The molecule has 7 nitrogen and oxygen atoms in total. The molecule has 1 saturated heterocycles. The number of nitrogens with one attached hydrogen (secondary N) is 1. The van der Waals surface area contributed by atoms with Gasteiger partial charge in [-0.15, -0.1) is 0 Å². The highest BCUT2D eigenvalue weighted by molar-refractivity contribution is 7.87. The van der Waals surface area contributed by atoms with Gasteiger partial charge in [-0.05, 0) is 46.5 Å². The first-order chi connectivity index (χ1) is 11.1. The summed E-state index contributed by atoms with van der Waals surface area (Å²) in [5.41, 5.74) is -0.518. The van der Waals surface area contributed by atoms with Gasteiger partial charge in [-0.25, -0.2) is 4.79 Å². The third kappa shape index (κ3) is 6.94. The Morgan fingerprint density at radius 2 is 1.67 bits per heavy atom. The summed E-state index contributed by atoms with van der Waals surface area (Å²) >= 11 is 0. The van der Waals surface area contributed by atoms with Crippen molar-refractivity contribution in [2.75, 3.05) is 26.2 Å². The second-order valence-electron chi connectivity index (χ2n) is 7.26. The Morgan fingerprint density at radius 1 is 1.17 bits per heavy atom. The van der Waals surface area contributed by atoms with Crippen LogP contribution in [-0.2, 0) is 14.9 Å². The van der Waals surface area contributed by atoms with Gasteiger partial charge in [0.05, 0.1) is 0 Å². The standard InChI is InChI=1S/C16H33N3O4S/c1-6-10-19(11-7-2)24(21,22)17-14-8-12-18(13-9-14)15(20)23-16(3,4)5/h14,17H,6-13H2,1-5H3. The summed E-state index contributed by atoms with van der Waals surface area (Å²) in [6.07, 6.45) is 2.45. The number of carbonyl (C=O) groups excluding carboxylic acids is 1. The van der Waals surface area contributed by atoms with Crippen LogP contribution < -0.4 is 4.72 Å². The number of likely N-dealkylation sites (tertiary alicyclic amines) is 1. The van der Waals surface area contributed by atoms with Gasteiger partial charge in [0, 0.05) is 32.2 Å². The SMILES string of the molecule is CCCN(CCC)S(=O)(=O)NC1CCN(C(=O)OC(C)(C)C)CC1. The van der Waals surface area contributed by atoms with Crippen molar-refractivity contribution in [2.24, 2.45) is 0 Å². The predicted molar refractivity (Wildman–Crippen MR) is 95.0 cm³/mol. The van der Waals surface area contributed by atoms with Crippen LogP contribution >= 0.6 is 0 Å². The summed E-state index contributed by atoms with van der Waals surface area (Å²) in [6, 6.07) is -0.134. The fourth-order valence-electron chi connectivity index (χ4n) is 2.64. The Morgan fingerprint density at radius 3 is 2.08 bits per heavy atom. The zero-order chi connectivity index (χ0) is 18.4. The first-order valence-electron chi connectivity index (χ1n) is 8.84. The molecule has 0 aromatic carbocycles. The van der Waals surface area contributed by atoms with Gasteiger partial charge < -0.3 is 9.64 Å². The van der Waals surface area contributed by atoms with E-state index in [0.717, 1.165) is 12.8 Å². The number of hydrogen-bond acceptors (Lipinski definition) is 4. The average molecular weight is 364 g/mol. The van der Waals surface area contributed by atoms with Crippen LogP contribution in [0.4, 0.5) is 4.79 Å². The van der Waals surface area contributed by atoms with Crippen molar-refractivity contribution in [1.29, 1.82) is 0 Å². The van der Waals surface area contributed by atoms with Crippen molar-refractivity contribution in [3.8, 4) is 0 Å². The summed E-state index contributed by atoms with van der Waals surface area (Å²) < 4.78 is 34.6. The van der Waals surface area contributed by atoms with Gasteiger partial charge in [-0.2, -0.15) is 17.4 Å². The van der Waals surface area contributed by atoms with Gasteiger partial charge in [0.2, 0.25) is 0 Å². The van der Waals surface area contributed by atoms with Gasteiger partial charge in [-0.1, -0.05) is 13.8 Å². The number of rotatable bonds is 7. The average Bonchev–Trinajstić information content (AvgIpc) is 2.45. The van der Waals surface area contributed by atoms with E-state index in [1.807, 2.05) is 34.6 Å². The highest BCUT2D eigenvalue weighted by atomic mass is 32.2. The van der Waals surface area contributed by atoms with Gasteiger partial charge in [0.25, 0.3) is 10.2 Å². The van der Waals surface area contributed by atoms with Crippen molar-refractivity contribution in [3.63, 3.8) is 0 Å². The Labute approximate surface area is 146 Å². The van der Waals surface area contributed by atoms with Crippen LogP contribution in [0, 0.1) is 0 Å². The normalized spacial score (nSPS) is 17.3. The molecule has 142 valence electrons. The first kappa shape index (κ1) is 21.2. The molecule has 8 heteroatoms. The lowest BCUT2D eigenvalue weighted by Crippen LogP contribution is -2.51. The molecule has 1 rings (SSSR count). The summed E-state index contributed by atoms with van der Waals surface area (Å²) in [7, 11) is -3.46. The zero-order valence-electron chi connectivity index (χ0n) is 15.7. The van der Waals surface area contributed by atoms with Gasteiger partial charge in [0.15, 0.2) is 0 Å². The molecule has 0 aromatic heterocycles. The maximum Gasteiger partial charge on any atom is 0.410 e. The fraction of sp³-hybridized carbons (Fsp3) is 0.938. The molecule has 0 saturated carbocycles. The second kappa shape index (κ2) is 9.01. The molecule has 1 aliphatic rings. The van der Waals surface area contributed by atoms with Gasteiger partial charge in [0.1, 0.15) is 5.60 Å². The van der Waals surface area contributed by atoms with Crippen molar-refractivity contribution in [3.05, 3.63) is 0 Å². The molecule has 0 aliphatic carbocycles. The molecule has 0 radical (unpaired) electrons. The molecule has 0 aromatic rings. The summed E-state index contributed by atoms with van der Waals surface area (Å²) in [6.45, 7) is 11.5. The molecule has 24 heavy (non-hydrogen) atoms. The minimum absolute atomic E-state index is 0.134. The van der Waals surface area contributed by atoms with E-state index in [1.165, 1.54) is 4.31 Å².